The van der Waals surface area contributed by atoms with Gasteiger partial charge in [0, 0.05) is 26.4 Å². The highest BCUT2D eigenvalue weighted by atomic mass is 16.5. The number of aliphatic hydroxyl groups excluding tert-OH is 1. The molecule has 1 aromatic rings. The molecule has 0 spiro atoms. The van der Waals surface area contributed by atoms with Crippen molar-refractivity contribution in [2.24, 2.45) is 5.92 Å². The summed E-state index contributed by atoms with van der Waals surface area (Å²) in [5.74, 6) is 1.73. The van der Waals surface area contributed by atoms with Crippen LogP contribution in [0.1, 0.15) is 31.4 Å². The number of anilines is 1. The Morgan fingerprint density at radius 3 is 2.83 bits per heavy atom. The largest absolute Gasteiger partial charge is 0.389 e. The van der Waals surface area contributed by atoms with Crippen molar-refractivity contribution >= 4 is 5.82 Å². The average molecular weight is 250 g/mol. The van der Waals surface area contributed by atoms with Crippen molar-refractivity contribution in [1.29, 1.82) is 0 Å². The second kappa shape index (κ2) is 6.16. The van der Waals surface area contributed by atoms with E-state index in [1.807, 2.05) is 19.2 Å². The van der Waals surface area contributed by atoms with Gasteiger partial charge in [0.2, 0.25) is 0 Å². The monoisotopic (exact) mass is 250 g/mol. The van der Waals surface area contributed by atoms with Gasteiger partial charge in [0.05, 0.1) is 12.7 Å². The van der Waals surface area contributed by atoms with Gasteiger partial charge in [-0.15, -0.1) is 0 Å². The molecule has 1 aliphatic carbocycles. The van der Waals surface area contributed by atoms with E-state index in [4.69, 9.17) is 4.74 Å². The van der Waals surface area contributed by atoms with Crippen LogP contribution in [0.5, 0.6) is 0 Å². The first-order valence-corrected chi connectivity index (χ1v) is 6.59. The van der Waals surface area contributed by atoms with E-state index in [-0.39, 0.29) is 0 Å². The van der Waals surface area contributed by atoms with Crippen molar-refractivity contribution in [3.63, 3.8) is 0 Å². The number of hydrogen-bond acceptors (Lipinski definition) is 4. The van der Waals surface area contributed by atoms with Crippen LogP contribution >= 0.6 is 0 Å². The molecule has 0 aliphatic heterocycles. The molecule has 1 N–H and O–H groups in total. The first kappa shape index (κ1) is 13.3. The van der Waals surface area contributed by atoms with Crippen LogP contribution in [0.3, 0.4) is 0 Å². The van der Waals surface area contributed by atoms with Gasteiger partial charge in [0.15, 0.2) is 0 Å². The van der Waals surface area contributed by atoms with E-state index >= 15 is 0 Å². The molecule has 2 rings (SSSR count). The Balaban J connectivity index is 1.74. The van der Waals surface area contributed by atoms with Gasteiger partial charge in [-0.1, -0.05) is 6.07 Å². The van der Waals surface area contributed by atoms with Crippen molar-refractivity contribution < 1.29 is 9.84 Å². The standard InChI is InChI=1S/C14H22N2O2/c1-11(17)13-5-6-14(15-9-13)16(2)7-8-18-10-12-3-4-12/h5-6,9,11-12,17H,3-4,7-8,10H2,1-2H3/t11-/m1/s1. The molecule has 0 amide bonds. The van der Waals surface area contributed by atoms with Crippen LogP contribution in [0.25, 0.3) is 0 Å². The fourth-order valence-electron chi connectivity index (χ4n) is 1.72. The smallest absolute Gasteiger partial charge is 0.128 e. The quantitative estimate of drug-likeness (QED) is 0.752. The molecule has 0 unspecified atom stereocenters. The lowest BCUT2D eigenvalue weighted by molar-refractivity contribution is 0.131. The Hall–Kier alpha value is -1.13. The van der Waals surface area contributed by atoms with Gasteiger partial charge >= 0.3 is 0 Å². The van der Waals surface area contributed by atoms with Crippen LogP contribution in [0.2, 0.25) is 0 Å². The van der Waals surface area contributed by atoms with E-state index in [9.17, 15) is 5.11 Å². The zero-order valence-corrected chi connectivity index (χ0v) is 11.2. The Kier molecular flexibility index (Phi) is 4.55. The molecule has 1 aromatic heterocycles. The van der Waals surface area contributed by atoms with E-state index in [2.05, 4.69) is 9.88 Å². The van der Waals surface area contributed by atoms with Crippen LogP contribution < -0.4 is 4.90 Å². The van der Waals surface area contributed by atoms with Gasteiger partial charge in [0.25, 0.3) is 0 Å². The number of pyridine rings is 1. The number of likely N-dealkylation sites (N-methyl/N-ethyl adjacent to an activating group) is 1. The SMILES string of the molecule is C[C@@H](O)c1ccc(N(C)CCOCC2CC2)nc1. The van der Waals surface area contributed by atoms with Gasteiger partial charge in [-0.3, -0.25) is 0 Å². The second-order valence-electron chi connectivity index (χ2n) is 5.07. The molecule has 4 heteroatoms. The lowest BCUT2D eigenvalue weighted by Crippen LogP contribution is -2.23. The Morgan fingerprint density at radius 2 is 2.28 bits per heavy atom. The average Bonchev–Trinajstić information content (AvgIpc) is 3.18. The summed E-state index contributed by atoms with van der Waals surface area (Å²) in [4.78, 5) is 6.40. The predicted molar refractivity (Wildman–Crippen MR) is 71.7 cm³/mol. The maximum Gasteiger partial charge on any atom is 0.128 e. The van der Waals surface area contributed by atoms with Crippen LogP contribution in [0, 0.1) is 5.92 Å². The zero-order valence-electron chi connectivity index (χ0n) is 11.2. The first-order chi connectivity index (χ1) is 8.66. The fourth-order valence-corrected chi connectivity index (χ4v) is 1.72. The van der Waals surface area contributed by atoms with Crippen molar-refractivity contribution in [3.05, 3.63) is 23.9 Å². The molecule has 0 saturated heterocycles. The minimum absolute atomic E-state index is 0.460. The van der Waals surface area contributed by atoms with Gasteiger partial charge in [0.1, 0.15) is 5.82 Å². The summed E-state index contributed by atoms with van der Waals surface area (Å²) in [6, 6.07) is 3.84. The molecule has 1 heterocycles. The molecule has 1 aliphatic rings. The van der Waals surface area contributed by atoms with Crippen molar-refractivity contribution in [1.82, 2.24) is 4.98 Å². The number of nitrogens with zero attached hydrogens (tertiary/aromatic N) is 2. The third kappa shape index (κ3) is 3.96. The number of hydrogen-bond donors (Lipinski definition) is 1. The molecule has 0 bridgehead atoms. The Labute approximate surface area is 109 Å². The molecule has 4 nitrogen and oxygen atoms in total. The summed E-state index contributed by atoms with van der Waals surface area (Å²) >= 11 is 0. The molecule has 18 heavy (non-hydrogen) atoms. The summed E-state index contributed by atoms with van der Waals surface area (Å²) in [6.45, 7) is 4.23. The van der Waals surface area contributed by atoms with Crippen LogP contribution in [-0.2, 0) is 4.74 Å². The molecule has 1 saturated carbocycles. The summed E-state index contributed by atoms with van der Waals surface area (Å²) in [5, 5.41) is 9.41. The van der Waals surface area contributed by atoms with Crippen LogP contribution in [0.4, 0.5) is 5.82 Å². The van der Waals surface area contributed by atoms with Gasteiger partial charge in [-0.25, -0.2) is 4.98 Å². The van der Waals surface area contributed by atoms with E-state index < -0.39 is 6.10 Å². The second-order valence-corrected chi connectivity index (χ2v) is 5.07. The summed E-state index contributed by atoms with van der Waals surface area (Å²) < 4.78 is 5.60. The maximum atomic E-state index is 9.41. The van der Waals surface area contributed by atoms with E-state index in [1.165, 1.54) is 12.8 Å². The van der Waals surface area contributed by atoms with Gasteiger partial charge in [-0.2, -0.15) is 0 Å². The number of aromatic nitrogens is 1. The lowest BCUT2D eigenvalue weighted by Gasteiger charge is -2.18. The third-order valence-electron chi connectivity index (χ3n) is 3.27. The van der Waals surface area contributed by atoms with E-state index in [0.29, 0.717) is 0 Å². The minimum atomic E-state index is -0.460. The van der Waals surface area contributed by atoms with Gasteiger partial charge in [-0.05, 0) is 37.3 Å². The molecule has 1 atom stereocenters. The number of rotatable bonds is 7. The highest BCUT2D eigenvalue weighted by Crippen LogP contribution is 2.28. The first-order valence-electron chi connectivity index (χ1n) is 6.59. The minimum Gasteiger partial charge on any atom is -0.389 e. The normalized spacial score (nSPS) is 16.6. The summed E-state index contributed by atoms with van der Waals surface area (Å²) in [6.07, 6.45) is 3.93. The van der Waals surface area contributed by atoms with Crippen molar-refractivity contribution in [2.45, 2.75) is 25.9 Å². The topological polar surface area (TPSA) is 45.6 Å². The number of aliphatic hydroxyl groups is 1. The highest BCUT2D eigenvalue weighted by Gasteiger charge is 2.20. The molecular formula is C14H22N2O2. The van der Waals surface area contributed by atoms with Crippen LogP contribution in [-0.4, -0.2) is 36.9 Å². The summed E-state index contributed by atoms with van der Waals surface area (Å²) in [7, 11) is 2.00. The Morgan fingerprint density at radius 1 is 1.50 bits per heavy atom. The molecule has 100 valence electrons. The highest BCUT2D eigenvalue weighted by molar-refractivity contribution is 5.38. The maximum absolute atomic E-state index is 9.41. The third-order valence-corrected chi connectivity index (χ3v) is 3.27. The molecule has 1 fully saturated rings. The Bertz CT molecular complexity index is 361. The van der Waals surface area contributed by atoms with Crippen molar-refractivity contribution in [3.8, 4) is 0 Å². The van der Waals surface area contributed by atoms with Crippen LogP contribution in [0.15, 0.2) is 18.3 Å². The van der Waals surface area contributed by atoms with Gasteiger partial charge < -0.3 is 14.7 Å². The van der Waals surface area contributed by atoms with E-state index in [1.54, 1.807) is 13.1 Å². The summed E-state index contributed by atoms with van der Waals surface area (Å²) in [5.41, 5.74) is 0.845. The molecule has 0 radical (unpaired) electrons. The fraction of sp³-hybridized carbons (Fsp3) is 0.643. The number of ether oxygens (including phenoxy) is 1. The van der Waals surface area contributed by atoms with Crippen molar-refractivity contribution in [2.75, 3.05) is 31.7 Å². The predicted octanol–water partition coefficient (Wildman–Crippen LogP) is 2.00. The molecule has 0 aromatic carbocycles. The molecular weight excluding hydrogens is 228 g/mol. The van der Waals surface area contributed by atoms with E-state index in [0.717, 1.165) is 37.1 Å². The zero-order chi connectivity index (χ0) is 13.0. The lowest BCUT2D eigenvalue weighted by atomic mass is 10.2.